The molecule has 1 unspecified atom stereocenters. The molecule has 1 aromatic rings. The Kier molecular flexibility index (Phi) is 4.74. The third-order valence-electron chi connectivity index (χ3n) is 2.17. The van der Waals surface area contributed by atoms with Crippen LogP contribution in [0.25, 0.3) is 0 Å². The van der Waals surface area contributed by atoms with Gasteiger partial charge in [0.15, 0.2) is 6.29 Å². The maximum Gasteiger partial charge on any atom is 0.412 e. The van der Waals surface area contributed by atoms with E-state index in [1.165, 1.54) is 25.3 Å². The Bertz CT molecular complexity index is 453. The number of phenols is 1. The molecule has 0 saturated carbocycles. The van der Waals surface area contributed by atoms with Crippen molar-refractivity contribution in [3.63, 3.8) is 0 Å². The van der Waals surface area contributed by atoms with Gasteiger partial charge >= 0.3 is 6.09 Å². The van der Waals surface area contributed by atoms with Gasteiger partial charge in [0.2, 0.25) is 0 Å². The van der Waals surface area contributed by atoms with Gasteiger partial charge in [-0.2, -0.15) is 0 Å². The summed E-state index contributed by atoms with van der Waals surface area (Å²) in [5, 5.41) is 21.6. The molecule has 6 heteroatoms. The topological polar surface area (TPSA) is 88.0 Å². The number of nitrogens with one attached hydrogen (secondary N) is 1. The fraction of sp³-hybridized carbons (Fsp3) is 0.462. The summed E-state index contributed by atoms with van der Waals surface area (Å²) in [4.78, 5) is 11.5. The van der Waals surface area contributed by atoms with Gasteiger partial charge in [-0.3, -0.25) is 5.32 Å². The van der Waals surface area contributed by atoms with Crippen LogP contribution < -0.4 is 5.32 Å². The number of amides is 1. The quantitative estimate of drug-likeness (QED) is 0.579. The predicted molar refractivity (Wildman–Crippen MR) is 69.9 cm³/mol. The normalized spacial score (nSPS) is 12.9. The van der Waals surface area contributed by atoms with Crippen molar-refractivity contribution in [2.75, 3.05) is 12.4 Å². The number of aliphatic hydroxyl groups excluding tert-OH is 1. The number of hydrogen-bond acceptors (Lipinski definition) is 5. The molecule has 19 heavy (non-hydrogen) atoms. The van der Waals surface area contributed by atoms with Crippen molar-refractivity contribution in [1.82, 2.24) is 0 Å². The minimum Gasteiger partial charge on any atom is -0.506 e. The van der Waals surface area contributed by atoms with Gasteiger partial charge in [0.1, 0.15) is 11.4 Å². The highest BCUT2D eigenvalue weighted by Gasteiger charge is 2.17. The maximum absolute atomic E-state index is 11.5. The number of carbonyl (C=O) groups is 1. The summed E-state index contributed by atoms with van der Waals surface area (Å²) in [6, 6.07) is 4.29. The second-order valence-electron chi connectivity index (χ2n) is 4.99. The van der Waals surface area contributed by atoms with Crippen molar-refractivity contribution in [1.29, 1.82) is 0 Å². The monoisotopic (exact) mass is 269 g/mol. The summed E-state index contributed by atoms with van der Waals surface area (Å²) in [6.45, 7) is 5.22. The molecular weight excluding hydrogens is 250 g/mol. The lowest BCUT2D eigenvalue weighted by Gasteiger charge is -2.20. The van der Waals surface area contributed by atoms with Gasteiger partial charge in [0, 0.05) is 12.7 Å². The van der Waals surface area contributed by atoms with E-state index in [1.807, 2.05) is 0 Å². The van der Waals surface area contributed by atoms with E-state index in [-0.39, 0.29) is 11.4 Å². The molecule has 0 aliphatic rings. The first-order valence-electron chi connectivity index (χ1n) is 5.76. The van der Waals surface area contributed by atoms with Gasteiger partial charge in [-0.05, 0) is 32.9 Å². The summed E-state index contributed by atoms with van der Waals surface area (Å²) in [5.41, 5.74) is -0.0395. The molecule has 0 radical (unpaired) electrons. The largest absolute Gasteiger partial charge is 0.506 e. The van der Waals surface area contributed by atoms with Crippen molar-refractivity contribution < 1.29 is 24.5 Å². The van der Waals surface area contributed by atoms with Crippen molar-refractivity contribution >= 4 is 11.8 Å². The second kappa shape index (κ2) is 5.90. The van der Waals surface area contributed by atoms with Crippen LogP contribution in [0.3, 0.4) is 0 Å². The fourth-order valence-corrected chi connectivity index (χ4v) is 1.36. The molecule has 3 N–H and O–H groups in total. The average Bonchev–Trinajstić information content (AvgIpc) is 2.28. The second-order valence-corrected chi connectivity index (χ2v) is 4.99. The third kappa shape index (κ3) is 4.76. The van der Waals surface area contributed by atoms with Gasteiger partial charge < -0.3 is 19.7 Å². The first-order valence-corrected chi connectivity index (χ1v) is 5.76. The van der Waals surface area contributed by atoms with Gasteiger partial charge in [0.05, 0.1) is 5.69 Å². The number of aliphatic hydroxyl groups is 1. The van der Waals surface area contributed by atoms with E-state index in [9.17, 15) is 15.0 Å². The number of anilines is 1. The molecule has 0 heterocycles. The Balaban J connectivity index is 2.78. The van der Waals surface area contributed by atoms with E-state index in [1.54, 1.807) is 20.8 Å². The van der Waals surface area contributed by atoms with E-state index < -0.39 is 18.0 Å². The van der Waals surface area contributed by atoms with Crippen LogP contribution in [0.5, 0.6) is 5.75 Å². The number of ether oxygens (including phenoxy) is 2. The lowest BCUT2D eigenvalue weighted by Crippen LogP contribution is -2.27. The van der Waals surface area contributed by atoms with Crippen LogP contribution >= 0.6 is 0 Å². The summed E-state index contributed by atoms with van der Waals surface area (Å²) >= 11 is 0. The van der Waals surface area contributed by atoms with Crippen LogP contribution in [-0.2, 0) is 9.47 Å². The Hall–Kier alpha value is -1.79. The number of aromatic hydroxyl groups is 1. The van der Waals surface area contributed by atoms with E-state index in [0.29, 0.717) is 5.56 Å². The molecule has 0 saturated heterocycles. The average molecular weight is 269 g/mol. The van der Waals surface area contributed by atoms with Gasteiger partial charge in [-0.1, -0.05) is 6.07 Å². The van der Waals surface area contributed by atoms with Crippen molar-refractivity contribution in [2.24, 2.45) is 0 Å². The summed E-state index contributed by atoms with van der Waals surface area (Å²) < 4.78 is 9.77. The number of carbonyl (C=O) groups excluding carboxylic acids is 1. The molecule has 1 atom stereocenters. The molecule has 1 rings (SSSR count). The van der Waals surface area contributed by atoms with Crippen molar-refractivity contribution in [3.8, 4) is 5.75 Å². The van der Waals surface area contributed by atoms with Crippen LogP contribution in [-0.4, -0.2) is 29.0 Å². The zero-order valence-electron chi connectivity index (χ0n) is 11.4. The SMILES string of the molecule is COC(O)c1ccc(NC(=O)OC(C)(C)C)c(O)c1. The smallest absolute Gasteiger partial charge is 0.412 e. The van der Waals surface area contributed by atoms with Gasteiger partial charge in [0.25, 0.3) is 0 Å². The molecule has 6 nitrogen and oxygen atoms in total. The van der Waals surface area contributed by atoms with Crippen LogP contribution in [0.2, 0.25) is 0 Å². The van der Waals surface area contributed by atoms with Crippen LogP contribution in [0.4, 0.5) is 10.5 Å². The molecule has 0 aromatic heterocycles. The number of methoxy groups -OCH3 is 1. The minimum absolute atomic E-state index is 0.181. The van der Waals surface area contributed by atoms with Crippen molar-refractivity contribution in [2.45, 2.75) is 32.7 Å². The molecule has 0 bridgehead atoms. The summed E-state index contributed by atoms with van der Waals surface area (Å²) in [5.74, 6) is -0.181. The standard InChI is InChI=1S/C13H19NO5/c1-13(2,3)19-12(17)14-9-6-5-8(7-10(9)15)11(16)18-4/h5-7,11,15-16H,1-4H3,(H,14,17). The molecule has 106 valence electrons. The highest BCUT2D eigenvalue weighted by molar-refractivity contribution is 5.86. The zero-order valence-corrected chi connectivity index (χ0v) is 11.4. The fourth-order valence-electron chi connectivity index (χ4n) is 1.36. The lowest BCUT2D eigenvalue weighted by molar-refractivity contribution is -0.0770. The molecule has 0 spiro atoms. The van der Waals surface area contributed by atoms with Crippen LogP contribution in [0.15, 0.2) is 18.2 Å². The molecule has 1 amide bonds. The lowest BCUT2D eigenvalue weighted by atomic mass is 10.2. The summed E-state index contributed by atoms with van der Waals surface area (Å²) in [6.07, 6.45) is -1.79. The number of phenolic OH excluding ortho intramolecular Hbond substituents is 1. The third-order valence-corrected chi connectivity index (χ3v) is 2.17. The molecule has 0 fully saturated rings. The van der Waals surface area contributed by atoms with E-state index in [0.717, 1.165) is 0 Å². The first-order chi connectivity index (χ1) is 8.73. The predicted octanol–water partition coefficient (Wildman–Crippen LogP) is 2.38. The van der Waals surface area contributed by atoms with E-state index in [2.05, 4.69) is 5.32 Å². The van der Waals surface area contributed by atoms with Crippen LogP contribution in [0, 0.1) is 0 Å². The molecule has 0 aliphatic heterocycles. The highest BCUT2D eigenvalue weighted by Crippen LogP contribution is 2.27. The van der Waals surface area contributed by atoms with Crippen LogP contribution in [0.1, 0.15) is 32.6 Å². The number of hydrogen-bond donors (Lipinski definition) is 3. The Morgan fingerprint density at radius 1 is 1.37 bits per heavy atom. The maximum atomic E-state index is 11.5. The minimum atomic E-state index is -1.12. The first kappa shape index (κ1) is 15.3. The van der Waals surface area contributed by atoms with Gasteiger partial charge in [-0.15, -0.1) is 0 Å². The Labute approximate surface area is 112 Å². The molecule has 0 aliphatic carbocycles. The highest BCUT2D eigenvalue weighted by atomic mass is 16.6. The van der Waals surface area contributed by atoms with E-state index in [4.69, 9.17) is 9.47 Å². The van der Waals surface area contributed by atoms with E-state index >= 15 is 0 Å². The zero-order chi connectivity index (χ0) is 14.6. The Morgan fingerprint density at radius 3 is 2.47 bits per heavy atom. The number of benzene rings is 1. The Morgan fingerprint density at radius 2 is 2.00 bits per heavy atom. The molecule has 1 aromatic carbocycles. The number of rotatable bonds is 3. The molecular formula is C13H19NO5. The van der Waals surface area contributed by atoms with Gasteiger partial charge in [-0.25, -0.2) is 4.79 Å². The summed E-state index contributed by atoms with van der Waals surface area (Å²) in [7, 11) is 1.34. The van der Waals surface area contributed by atoms with Crippen molar-refractivity contribution in [3.05, 3.63) is 23.8 Å².